The largest absolute Gasteiger partial charge is 0.354 e. The Labute approximate surface area is 108 Å². The number of hydrogen-bond acceptors (Lipinski definition) is 2. The zero-order valence-electron chi connectivity index (χ0n) is 9.20. The normalized spacial score (nSPS) is 18.9. The molecule has 0 radical (unpaired) electrons. The van der Waals surface area contributed by atoms with Gasteiger partial charge in [0.05, 0.1) is 12.5 Å². The van der Waals surface area contributed by atoms with Gasteiger partial charge in [-0.25, -0.2) is 0 Å². The van der Waals surface area contributed by atoms with Gasteiger partial charge in [0.25, 0.3) is 0 Å². The molecule has 0 aromatic heterocycles. The Bertz CT molecular complexity index is 448. The Morgan fingerprint density at radius 2 is 2.35 bits per heavy atom. The molecule has 0 aliphatic carbocycles. The molecule has 0 saturated carbocycles. The lowest BCUT2D eigenvalue weighted by molar-refractivity contribution is -0.121. The fourth-order valence-corrected chi connectivity index (χ4v) is 2.26. The summed E-state index contributed by atoms with van der Waals surface area (Å²) in [5.41, 5.74) is 0.953. The second kappa shape index (κ2) is 5.31. The lowest BCUT2D eigenvalue weighted by Crippen LogP contribution is -2.37. The summed E-state index contributed by atoms with van der Waals surface area (Å²) in [4.78, 5) is 22.7. The molecule has 1 heterocycles. The summed E-state index contributed by atoms with van der Waals surface area (Å²) >= 11 is 3.36. The highest BCUT2D eigenvalue weighted by atomic mass is 79.9. The van der Waals surface area contributed by atoms with Gasteiger partial charge in [-0.1, -0.05) is 28.1 Å². The number of hydrogen-bond donors (Lipinski definition) is 2. The van der Waals surface area contributed by atoms with Crippen molar-refractivity contribution in [2.45, 2.75) is 18.9 Å². The molecular formula is C12H13BrN2O2. The summed E-state index contributed by atoms with van der Waals surface area (Å²) in [7, 11) is 0. The molecule has 2 amide bonds. The van der Waals surface area contributed by atoms with Gasteiger partial charge in [-0.3, -0.25) is 9.59 Å². The van der Waals surface area contributed by atoms with E-state index in [1.54, 1.807) is 0 Å². The number of nitrogens with one attached hydrogen (secondary N) is 2. The van der Waals surface area contributed by atoms with Crippen LogP contribution >= 0.6 is 15.9 Å². The van der Waals surface area contributed by atoms with Crippen molar-refractivity contribution in [3.05, 3.63) is 34.3 Å². The molecule has 0 spiro atoms. The fourth-order valence-electron chi connectivity index (χ4n) is 1.82. The highest BCUT2D eigenvalue weighted by molar-refractivity contribution is 9.10. The first kappa shape index (κ1) is 12.1. The Kier molecular flexibility index (Phi) is 3.78. The van der Waals surface area contributed by atoms with Gasteiger partial charge >= 0.3 is 0 Å². The zero-order valence-corrected chi connectivity index (χ0v) is 10.8. The lowest BCUT2D eigenvalue weighted by atomic mass is 10.1. The number of carbonyl (C=O) groups is 2. The van der Waals surface area contributed by atoms with Crippen LogP contribution in [0.1, 0.15) is 12.0 Å². The summed E-state index contributed by atoms with van der Waals surface area (Å²) in [5, 5.41) is 5.53. The summed E-state index contributed by atoms with van der Waals surface area (Å²) in [6.07, 6.45) is 0.717. The maximum atomic E-state index is 11.7. The highest BCUT2D eigenvalue weighted by Crippen LogP contribution is 2.12. The van der Waals surface area contributed by atoms with Crippen molar-refractivity contribution in [3.8, 4) is 0 Å². The van der Waals surface area contributed by atoms with Crippen molar-refractivity contribution >= 4 is 27.7 Å². The third kappa shape index (κ3) is 3.56. The molecule has 1 aliphatic rings. The second-order valence-corrected chi connectivity index (χ2v) is 5.00. The highest BCUT2D eigenvalue weighted by Gasteiger charge is 2.22. The number of benzene rings is 1. The Morgan fingerprint density at radius 1 is 1.53 bits per heavy atom. The van der Waals surface area contributed by atoms with Crippen LogP contribution in [0.25, 0.3) is 0 Å². The molecule has 2 N–H and O–H groups in total. The first-order valence-electron chi connectivity index (χ1n) is 5.44. The average Bonchev–Trinajstić information content (AvgIpc) is 2.63. The van der Waals surface area contributed by atoms with E-state index in [0.29, 0.717) is 19.4 Å². The minimum Gasteiger partial charge on any atom is -0.354 e. The van der Waals surface area contributed by atoms with Crippen LogP contribution in [-0.2, 0) is 16.0 Å². The van der Waals surface area contributed by atoms with E-state index in [-0.39, 0.29) is 17.9 Å². The van der Waals surface area contributed by atoms with Gasteiger partial charge in [0.2, 0.25) is 11.8 Å². The van der Waals surface area contributed by atoms with Crippen LogP contribution in [0.5, 0.6) is 0 Å². The first-order chi connectivity index (χ1) is 8.13. The fraction of sp³-hybridized carbons (Fsp3) is 0.333. The minimum atomic E-state index is -0.0675. The van der Waals surface area contributed by atoms with E-state index in [4.69, 9.17) is 0 Å². The molecule has 1 atom stereocenters. The van der Waals surface area contributed by atoms with Crippen LogP contribution in [0.4, 0.5) is 0 Å². The molecular weight excluding hydrogens is 284 g/mol. The van der Waals surface area contributed by atoms with E-state index in [1.807, 2.05) is 24.3 Å². The van der Waals surface area contributed by atoms with Crippen molar-refractivity contribution in [3.63, 3.8) is 0 Å². The quantitative estimate of drug-likeness (QED) is 0.874. The van der Waals surface area contributed by atoms with Crippen LogP contribution in [0, 0.1) is 0 Å². The summed E-state index contributed by atoms with van der Waals surface area (Å²) in [6, 6.07) is 7.57. The smallest absolute Gasteiger partial charge is 0.224 e. The molecule has 1 unspecified atom stereocenters. The van der Waals surface area contributed by atoms with E-state index in [0.717, 1.165) is 10.0 Å². The molecule has 1 aromatic carbocycles. The van der Waals surface area contributed by atoms with Gasteiger partial charge in [0.15, 0.2) is 0 Å². The predicted molar refractivity (Wildman–Crippen MR) is 67.4 cm³/mol. The van der Waals surface area contributed by atoms with Crippen molar-refractivity contribution in [2.75, 3.05) is 6.54 Å². The third-order valence-corrected chi connectivity index (χ3v) is 3.09. The lowest BCUT2D eigenvalue weighted by Gasteiger charge is -2.10. The predicted octanol–water partition coefficient (Wildman–Crippen LogP) is 0.996. The molecule has 2 rings (SSSR count). The van der Waals surface area contributed by atoms with Crippen molar-refractivity contribution in [2.24, 2.45) is 0 Å². The molecule has 17 heavy (non-hydrogen) atoms. The Morgan fingerprint density at radius 3 is 3.00 bits per heavy atom. The summed E-state index contributed by atoms with van der Waals surface area (Å²) in [5.74, 6) is -0.0534. The third-order valence-electron chi connectivity index (χ3n) is 2.60. The first-order valence-corrected chi connectivity index (χ1v) is 6.23. The number of amides is 2. The van der Waals surface area contributed by atoms with Gasteiger partial charge in [-0.05, 0) is 17.7 Å². The van der Waals surface area contributed by atoms with Crippen LogP contribution < -0.4 is 10.6 Å². The molecule has 5 heteroatoms. The van der Waals surface area contributed by atoms with Gasteiger partial charge in [0, 0.05) is 17.4 Å². The van der Waals surface area contributed by atoms with E-state index in [9.17, 15) is 9.59 Å². The van der Waals surface area contributed by atoms with E-state index in [2.05, 4.69) is 26.6 Å². The molecule has 1 aliphatic heterocycles. The van der Waals surface area contributed by atoms with Crippen LogP contribution in [-0.4, -0.2) is 24.4 Å². The number of carbonyl (C=O) groups excluding carboxylic acids is 2. The average molecular weight is 297 g/mol. The molecule has 4 nitrogen and oxygen atoms in total. The molecule has 1 saturated heterocycles. The van der Waals surface area contributed by atoms with Gasteiger partial charge < -0.3 is 10.6 Å². The maximum Gasteiger partial charge on any atom is 0.224 e. The van der Waals surface area contributed by atoms with Crippen LogP contribution in [0.2, 0.25) is 0 Å². The monoisotopic (exact) mass is 296 g/mol. The van der Waals surface area contributed by atoms with E-state index >= 15 is 0 Å². The molecule has 1 aromatic rings. The van der Waals surface area contributed by atoms with Gasteiger partial charge in [-0.2, -0.15) is 0 Å². The van der Waals surface area contributed by atoms with E-state index in [1.165, 1.54) is 0 Å². The van der Waals surface area contributed by atoms with Gasteiger partial charge in [0.1, 0.15) is 0 Å². The molecule has 0 bridgehead atoms. The standard InChI is InChI=1S/C12H13BrN2O2/c13-9-3-1-2-8(4-9)5-12(17)15-10-6-11(16)14-7-10/h1-4,10H,5-7H2,(H,14,16)(H,15,17). The summed E-state index contributed by atoms with van der Waals surface area (Å²) < 4.78 is 0.959. The summed E-state index contributed by atoms with van der Waals surface area (Å²) in [6.45, 7) is 0.531. The molecule has 90 valence electrons. The van der Waals surface area contributed by atoms with Crippen LogP contribution in [0.3, 0.4) is 0 Å². The van der Waals surface area contributed by atoms with Crippen molar-refractivity contribution < 1.29 is 9.59 Å². The maximum absolute atomic E-state index is 11.7. The van der Waals surface area contributed by atoms with Crippen molar-refractivity contribution in [1.82, 2.24) is 10.6 Å². The SMILES string of the molecule is O=C1CC(NC(=O)Cc2cccc(Br)c2)CN1. The van der Waals surface area contributed by atoms with Gasteiger partial charge in [-0.15, -0.1) is 0 Å². The number of halogens is 1. The van der Waals surface area contributed by atoms with E-state index < -0.39 is 0 Å². The Balaban J connectivity index is 1.87. The van der Waals surface area contributed by atoms with Crippen molar-refractivity contribution in [1.29, 1.82) is 0 Å². The van der Waals surface area contributed by atoms with Crippen LogP contribution in [0.15, 0.2) is 28.7 Å². The second-order valence-electron chi connectivity index (χ2n) is 4.08. The zero-order chi connectivity index (χ0) is 12.3. The minimum absolute atomic E-state index is 0.00208. The Hall–Kier alpha value is -1.36. The topological polar surface area (TPSA) is 58.2 Å². The molecule has 1 fully saturated rings. The number of rotatable bonds is 3.